The third-order valence-corrected chi connectivity index (χ3v) is 4.87. The third kappa shape index (κ3) is 4.06. The minimum absolute atomic E-state index is 0.00171. The molecule has 9 nitrogen and oxygen atoms in total. The summed E-state index contributed by atoms with van der Waals surface area (Å²) in [5.41, 5.74) is 0.333. The topological polar surface area (TPSA) is 88.4 Å². The molecule has 0 aliphatic carbocycles. The van der Waals surface area contributed by atoms with Crippen LogP contribution in [0.15, 0.2) is 29.0 Å². The molecule has 0 N–H and O–H groups in total. The fourth-order valence-corrected chi connectivity index (χ4v) is 3.47. The average molecular weight is 422 g/mol. The van der Waals surface area contributed by atoms with Crippen LogP contribution in [0.25, 0.3) is 0 Å². The number of amides is 2. The van der Waals surface area contributed by atoms with Crippen LogP contribution in [-0.2, 0) is 20.8 Å². The number of hydroxylamine groups is 2. The molecule has 3 heterocycles. The van der Waals surface area contributed by atoms with E-state index in [1.54, 1.807) is 13.0 Å². The Morgan fingerprint density at radius 2 is 2.00 bits per heavy atom. The van der Waals surface area contributed by atoms with Crippen molar-refractivity contribution in [3.63, 3.8) is 0 Å². The van der Waals surface area contributed by atoms with Gasteiger partial charge in [0.05, 0.1) is 37.5 Å². The van der Waals surface area contributed by atoms with Crippen molar-refractivity contribution in [2.45, 2.75) is 19.4 Å². The summed E-state index contributed by atoms with van der Waals surface area (Å²) >= 11 is 0. The molecule has 2 saturated heterocycles. The molecule has 11 heteroatoms. The fourth-order valence-electron chi connectivity index (χ4n) is 3.47. The van der Waals surface area contributed by atoms with Crippen LogP contribution < -0.4 is 9.80 Å². The maximum Gasteiger partial charge on any atom is 0.414 e. The maximum absolute atomic E-state index is 14.8. The monoisotopic (exact) mass is 422 g/mol. The number of hydrogen-bond acceptors (Lipinski definition) is 7. The first kappa shape index (κ1) is 20.1. The van der Waals surface area contributed by atoms with Gasteiger partial charge in [-0.1, -0.05) is 5.16 Å². The molecular weight excluding hydrogens is 402 g/mol. The van der Waals surface area contributed by atoms with Crippen LogP contribution >= 0.6 is 0 Å². The van der Waals surface area contributed by atoms with Crippen LogP contribution in [0.2, 0.25) is 0 Å². The molecule has 1 aromatic carbocycles. The highest BCUT2D eigenvalue weighted by molar-refractivity contribution is 5.90. The first-order valence-corrected chi connectivity index (χ1v) is 9.47. The van der Waals surface area contributed by atoms with Crippen LogP contribution in [0.5, 0.6) is 0 Å². The number of cyclic esters (lactones) is 1. The minimum atomic E-state index is -0.806. The first-order chi connectivity index (χ1) is 14.4. The van der Waals surface area contributed by atoms with E-state index >= 15 is 0 Å². The van der Waals surface area contributed by atoms with Crippen LogP contribution in [0.4, 0.5) is 25.0 Å². The normalized spacial score (nSPS) is 19.8. The van der Waals surface area contributed by atoms with E-state index < -0.39 is 17.7 Å². The molecule has 1 aromatic heterocycles. The largest absolute Gasteiger partial charge is 0.444 e. The summed E-state index contributed by atoms with van der Waals surface area (Å²) in [4.78, 5) is 32.3. The van der Waals surface area contributed by atoms with Crippen molar-refractivity contribution >= 4 is 23.4 Å². The number of hydrogen-bond donors (Lipinski definition) is 0. The second kappa shape index (κ2) is 8.27. The summed E-state index contributed by atoms with van der Waals surface area (Å²) in [6, 6.07) is 3.79. The van der Waals surface area contributed by atoms with Crippen molar-refractivity contribution in [2.24, 2.45) is 0 Å². The number of carbonyl (C=O) groups is 2. The van der Waals surface area contributed by atoms with E-state index in [0.29, 0.717) is 5.69 Å². The van der Waals surface area contributed by atoms with E-state index in [9.17, 15) is 18.4 Å². The van der Waals surface area contributed by atoms with Crippen molar-refractivity contribution in [2.75, 3.05) is 42.6 Å². The zero-order valence-corrected chi connectivity index (χ0v) is 16.2. The molecule has 0 radical (unpaired) electrons. The van der Waals surface area contributed by atoms with Gasteiger partial charge < -0.3 is 14.2 Å². The Balaban J connectivity index is 1.46. The highest BCUT2D eigenvalue weighted by Gasteiger charge is 2.31. The van der Waals surface area contributed by atoms with Gasteiger partial charge in [-0.3, -0.25) is 14.5 Å². The Morgan fingerprint density at radius 1 is 1.23 bits per heavy atom. The van der Waals surface area contributed by atoms with Crippen LogP contribution in [0, 0.1) is 11.6 Å². The van der Waals surface area contributed by atoms with Crippen LogP contribution in [0.1, 0.15) is 12.6 Å². The molecule has 160 valence electrons. The molecule has 2 aliphatic heterocycles. The van der Waals surface area contributed by atoms with Crippen LogP contribution in [0.3, 0.4) is 0 Å². The molecular formula is C19H20F2N4O5. The van der Waals surface area contributed by atoms with Crippen molar-refractivity contribution in [3.05, 3.63) is 41.8 Å². The van der Waals surface area contributed by atoms with E-state index in [1.807, 2.05) is 0 Å². The Kier molecular flexibility index (Phi) is 5.53. The van der Waals surface area contributed by atoms with Gasteiger partial charge in [0, 0.05) is 31.3 Å². The number of benzene rings is 1. The maximum atomic E-state index is 14.8. The SMILES string of the molecule is C[C@H]1CN(c2cc(F)c(N3CCON(C(=O)Cc4ccon4)CC3)c(F)c2)C(=O)O1. The van der Waals surface area contributed by atoms with Gasteiger partial charge >= 0.3 is 6.09 Å². The van der Waals surface area contributed by atoms with E-state index in [0.717, 1.165) is 12.1 Å². The molecule has 0 saturated carbocycles. The molecule has 30 heavy (non-hydrogen) atoms. The summed E-state index contributed by atoms with van der Waals surface area (Å²) in [6.45, 7) is 2.46. The van der Waals surface area contributed by atoms with Gasteiger partial charge in [0.25, 0.3) is 5.91 Å². The quantitative estimate of drug-likeness (QED) is 0.746. The number of halogens is 2. The molecule has 4 rings (SSSR count). The highest BCUT2D eigenvalue weighted by atomic mass is 19.1. The summed E-state index contributed by atoms with van der Waals surface area (Å²) in [5.74, 6) is -1.94. The average Bonchev–Trinajstić information content (AvgIpc) is 3.24. The molecule has 0 spiro atoms. The lowest BCUT2D eigenvalue weighted by atomic mass is 10.2. The summed E-state index contributed by atoms with van der Waals surface area (Å²) in [7, 11) is 0. The van der Waals surface area contributed by atoms with Crippen LogP contribution in [-0.4, -0.2) is 61.1 Å². The summed E-state index contributed by atoms with van der Waals surface area (Å²) < 4.78 is 39.3. The number of aromatic nitrogens is 1. The Bertz CT molecular complexity index is 916. The lowest BCUT2D eigenvalue weighted by molar-refractivity contribution is -0.181. The standard InChI is InChI=1S/C19H20F2N4O5/c1-12-11-24(19(27)30-12)14-9-15(20)18(16(21)10-14)23-3-4-25(29-7-5-23)17(26)8-13-2-6-28-22-13/h2,6,9-10,12H,3-5,7-8,11H2,1H3/t12-/m0/s1. The predicted molar refractivity (Wildman–Crippen MR) is 99.7 cm³/mol. The van der Waals surface area contributed by atoms with E-state index in [4.69, 9.17) is 14.1 Å². The zero-order valence-electron chi connectivity index (χ0n) is 16.2. The van der Waals surface area contributed by atoms with Gasteiger partial charge in [-0.25, -0.2) is 18.6 Å². The Hall–Kier alpha value is -3.21. The molecule has 2 aliphatic rings. The van der Waals surface area contributed by atoms with Gasteiger partial charge in [-0.15, -0.1) is 0 Å². The van der Waals surface area contributed by atoms with Gasteiger partial charge in [-0.2, -0.15) is 0 Å². The number of ether oxygens (including phenoxy) is 1. The Labute approximate surface area is 170 Å². The molecule has 2 fully saturated rings. The second-order valence-corrected chi connectivity index (χ2v) is 7.05. The second-order valence-electron chi connectivity index (χ2n) is 7.05. The lowest BCUT2D eigenvalue weighted by Gasteiger charge is -2.24. The van der Waals surface area contributed by atoms with Crippen molar-refractivity contribution < 1.29 is 32.5 Å². The summed E-state index contributed by atoms with van der Waals surface area (Å²) in [6.07, 6.45) is 0.370. The molecule has 0 unspecified atom stereocenters. The number of nitrogens with zero attached hydrogens (tertiary/aromatic N) is 4. The minimum Gasteiger partial charge on any atom is -0.444 e. The predicted octanol–water partition coefficient (Wildman–Crippen LogP) is 2.12. The lowest BCUT2D eigenvalue weighted by Crippen LogP contribution is -2.35. The fraction of sp³-hybridized carbons (Fsp3) is 0.421. The first-order valence-electron chi connectivity index (χ1n) is 9.47. The van der Waals surface area contributed by atoms with Gasteiger partial charge in [0.15, 0.2) is 11.6 Å². The summed E-state index contributed by atoms with van der Waals surface area (Å²) in [5, 5.41) is 4.85. The number of carbonyl (C=O) groups excluding carboxylic acids is 2. The third-order valence-electron chi connectivity index (χ3n) is 4.87. The van der Waals surface area contributed by atoms with Crippen molar-refractivity contribution in [3.8, 4) is 0 Å². The van der Waals surface area contributed by atoms with E-state index in [1.165, 1.54) is 21.1 Å². The van der Waals surface area contributed by atoms with Gasteiger partial charge in [-0.05, 0) is 6.92 Å². The van der Waals surface area contributed by atoms with Gasteiger partial charge in [0.2, 0.25) is 0 Å². The molecule has 2 amide bonds. The van der Waals surface area contributed by atoms with Crippen molar-refractivity contribution in [1.29, 1.82) is 0 Å². The molecule has 0 bridgehead atoms. The Morgan fingerprint density at radius 3 is 2.63 bits per heavy atom. The highest BCUT2D eigenvalue weighted by Crippen LogP contribution is 2.31. The van der Waals surface area contributed by atoms with E-state index in [2.05, 4.69) is 5.16 Å². The zero-order chi connectivity index (χ0) is 21.3. The number of anilines is 2. The number of rotatable bonds is 4. The molecule has 1 atom stereocenters. The van der Waals surface area contributed by atoms with Crippen molar-refractivity contribution in [1.82, 2.24) is 10.2 Å². The van der Waals surface area contributed by atoms with E-state index in [-0.39, 0.29) is 62.6 Å². The van der Waals surface area contributed by atoms with Gasteiger partial charge in [0.1, 0.15) is 18.1 Å². The smallest absolute Gasteiger partial charge is 0.414 e. The molecule has 2 aromatic rings.